The van der Waals surface area contributed by atoms with Gasteiger partial charge in [-0.15, -0.1) is 5.10 Å². The number of aromatic nitrogens is 3. The zero-order chi connectivity index (χ0) is 21.3. The molecule has 9 nitrogen and oxygen atoms in total. The van der Waals surface area contributed by atoms with E-state index in [4.69, 9.17) is 9.47 Å². The summed E-state index contributed by atoms with van der Waals surface area (Å²) in [6.45, 7) is 4.36. The van der Waals surface area contributed by atoms with Crippen molar-refractivity contribution in [2.24, 2.45) is 5.92 Å². The summed E-state index contributed by atoms with van der Waals surface area (Å²) in [7, 11) is 0. The van der Waals surface area contributed by atoms with Crippen molar-refractivity contribution >= 4 is 11.9 Å². The highest BCUT2D eigenvalue weighted by molar-refractivity contribution is 5.89. The zero-order valence-electron chi connectivity index (χ0n) is 17.1. The number of aliphatic hydroxyl groups excluding tert-OH is 1. The van der Waals surface area contributed by atoms with E-state index in [0.717, 1.165) is 25.1 Å². The smallest absolute Gasteiger partial charge is 0.338 e. The highest BCUT2D eigenvalue weighted by Crippen LogP contribution is 2.19. The van der Waals surface area contributed by atoms with Crippen molar-refractivity contribution in [3.63, 3.8) is 0 Å². The van der Waals surface area contributed by atoms with Crippen LogP contribution < -0.4 is 0 Å². The predicted octanol–water partition coefficient (Wildman–Crippen LogP) is 1.27. The number of hydrogen-bond donors (Lipinski definition) is 1. The summed E-state index contributed by atoms with van der Waals surface area (Å²) in [5.74, 6) is -0.718. The molecule has 0 saturated carbocycles. The van der Waals surface area contributed by atoms with Gasteiger partial charge in [0.25, 0.3) is 0 Å². The first-order chi connectivity index (χ1) is 14.5. The average Bonchev–Trinajstić information content (AvgIpc) is 3.19. The molecule has 1 aromatic carbocycles. The molecule has 0 spiro atoms. The normalized spacial score (nSPS) is 18.0. The fraction of sp³-hybridized carbons (Fsp3) is 0.524. The Morgan fingerprint density at radius 3 is 2.83 bits per heavy atom. The van der Waals surface area contributed by atoms with Crippen molar-refractivity contribution in [2.75, 3.05) is 26.3 Å². The summed E-state index contributed by atoms with van der Waals surface area (Å²) in [6.07, 6.45) is 2.64. The molecule has 1 fully saturated rings. The van der Waals surface area contributed by atoms with Gasteiger partial charge in [0.05, 0.1) is 30.3 Å². The molecule has 1 aliphatic rings. The van der Waals surface area contributed by atoms with Crippen LogP contribution in [-0.4, -0.2) is 69.3 Å². The van der Waals surface area contributed by atoms with E-state index in [1.54, 1.807) is 30.5 Å². The van der Waals surface area contributed by atoms with Crippen LogP contribution in [0.1, 0.15) is 35.8 Å². The third-order valence-corrected chi connectivity index (χ3v) is 4.91. The maximum atomic E-state index is 12.0. The minimum absolute atomic E-state index is 0.102. The molecule has 3 rings (SSSR count). The molecule has 1 aromatic heterocycles. The second kappa shape index (κ2) is 10.8. The van der Waals surface area contributed by atoms with Crippen LogP contribution in [0.25, 0.3) is 0 Å². The molecule has 0 amide bonds. The molecular formula is C21H28N4O5. The molecule has 0 aliphatic carbocycles. The Labute approximate surface area is 175 Å². The molecule has 1 saturated heterocycles. The van der Waals surface area contributed by atoms with Gasteiger partial charge in [0.2, 0.25) is 0 Å². The number of hydrogen-bond acceptors (Lipinski definition) is 8. The molecule has 1 aliphatic heterocycles. The summed E-state index contributed by atoms with van der Waals surface area (Å²) in [6, 6.07) is 8.63. The van der Waals surface area contributed by atoms with Crippen LogP contribution in [-0.2, 0) is 27.4 Å². The quantitative estimate of drug-likeness (QED) is 0.609. The number of nitrogens with zero attached hydrogens (tertiary/aromatic N) is 4. The second-order valence-corrected chi connectivity index (χ2v) is 7.38. The van der Waals surface area contributed by atoms with Gasteiger partial charge >= 0.3 is 11.9 Å². The monoisotopic (exact) mass is 416 g/mol. The summed E-state index contributed by atoms with van der Waals surface area (Å²) >= 11 is 0. The van der Waals surface area contributed by atoms with Crippen molar-refractivity contribution in [1.29, 1.82) is 0 Å². The standard InChI is InChI=1S/C21H28N4O5/c1-2-29-21(28)17-9-6-10-24(11-17)12-18-13-25(23-22-18)14-19(26)15-30-20(27)16-7-4-3-5-8-16/h3-5,7-8,13,17,19,26H,2,6,9-12,14-15H2,1H3. The third kappa shape index (κ3) is 6.36. The molecule has 1 N–H and O–H groups in total. The number of carbonyl (C=O) groups is 2. The van der Waals surface area contributed by atoms with Crippen molar-refractivity contribution in [3.05, 3.63) is 47.8 Å². The largest absolute Gasteiger partial charge is 0.466 e. The third-order valence-electron chi connectivity index (χ3n) is 4.91. The molecule has 2 unspecified atom stereocenters. The lowest BCUT2D eigenvalue weighted by Crippen LogP contribution is -2.39. The number of carbonyl (C=O) groups excluding carboxylic acids is 2. The van der Waals surface area contributed by atoms with E-state index in [1.807, 2.05) is 13.0 Å². The van der Waals surface area contributed by atoms with Crippen LogP contribution >= 0.6 is 0 Å². The van der Waals surface area contributed by atoms with Gasteiger partial charge in [-0.2, -0.15) is 0 Å². The number of benzene rings is 1. The Balaban J connectivity index is 1.44. The Bertz CT molecular complexity index is 826. The molecule has 0 bridgehead atoms. The molecule has 2 heterocycles. The maximum absolute atomic E-state index is 12.0. The van der Waals surface area contributed by atoms with Crippen LogP contribution in [0, 0.1) is 5.92 Å². The molecule has 0 radical (unpaired) electrons. The first-order valence-electron chi connectivity index (χ1n) is 10.2. The van der Waals surface area contributed by atoms with Gasteiger partial charge in [-0.1, -0.05) is 23.4 Å². The lowest BCUT2D eigenvalue weighted by atomic mass is 9.98. The van der Waals surface area contributed by atoms with E-state index >= 15 is 0 Å². The number of rotatable bonds is 9. The Morgan fingerprint density at radius 2 is 2.07 bits per heavy atom. The van der Waals surface area contributed by atoms with Crippen molar-refractivity contribution < 1.29 is 24.2 Å². The molecule has 2 aromatic rings. The molecule has 162 valence electrons. The van der Waals surface area contributed by atoms with Crippen LogP contribution in [0.4, 0.5) is 0 Å². The van der Waals surface area contributed by atoms with Gasteiger partial charge in [0.15, 0.2) is 0 Å². The van der Waals surface area contributed by atoms with Gasteiger partial charge in [0, 0.05) is 19.3 Å². The van der Waals surface area contributed by atoms with E-state index in [2.05, 4.69) is 15.2 Å². The maximum Gasteiger partial charge on any atom is 0.338 e. The van der Waals surface area contributed by atoms with Crippen molar-refractivity contribution in [3.8, 4) is 0 Å². The Morgan fingerprint density at radius 1 is 1.27 bits per heavy atom. The van der Waals surface area contributed by atoms with Gasteiger partial charge in [0.1, 0.15) is 12.7 Å². The van der Waals surface area contributed by atoms with Crippen LogP contribution in [0.5, 0.6) is 0 Å². The Kier molecular flexibility index (Phi) is 7.92. The predicted molar refractivity (Wildman–Crippen MR) is 107 cm³/mol. The summed E-state index contributed by atoms with van der Waals surface area (Å²) in [5.41, 5.74) is 1.20. The average molecular weight is 416 g/mol. The topological polar surface area (TPSA) is 107 Å². The van der Waals surface area contributed by atoms with Gasteiger partial charge < -0.3 is 14.6 Å². The number of esters is 2. The van der Waals surface area contributed by atoms with E-state index in [9.17, 15) is 14.7 Å². The van der Waals surface area contributed by atoms with Crippen molar-refractivity contribution in [1.82, 2.24) is 19.9 Å². The van der Waals surface area contributed by atoms with Crippen LogP contribution in [0.15, 0.2) is 36.5 Å². The molecule has 2 atom stereocenters. The second-order valence-electron chi connectivity index (χ2n) is 7.38. The fourth-order valence-corrected chi connectivity index (χ4v) is 3.48. The fourth-order valence-electron chi connectivity index (χ4n) is 3.48. The first-order valence-corrected chi connectivity index (χ1v) is 10.2. The highest BCUT2D eigenvalue weighted by atomic mass is 16.5. The number of piperidine rings is 1. The van der Waals surface area contributed by atoms with E-state index in [1.165, 1.54) is 4.68 Å². The lowest BCUT2D eigenvalue weighted by molar-refractivity contribution is -0.150. The molecular weight excluding hydrogens is 388 g/mol. The lowest BCUT2D eigenvalue weighted by Gasteiger charge is -2.30. The van der Waals surface area contributed by atoms with E-state index in [0.29, 0.717) is 25.3 Å². The summed E-state index contributed by atoms with van der Waals surface area (Å²) in [5, 5.41) is 18.3. The summed E-state index contributed by atoms with van der Waals surface area (Å²) < 4.78 is 11.8. The number of ether oxygens (including phenoxy) is 2. The number of aliphatic hydroxyl groups is 1. The summed E-state index contributed by atoms with van der Waals surface area (Å²) in [4.78, 5) is 26.1. The first kappa shape index (κ1) is 21.9. The van der Waals surface area contributed by atoms with Gasteiger partial charge in [-0.25, -0.2) is 9.48 Å². The Hall–Kier alpha value is -2.78. The van der Waals surface area contributed by atoms with Gasteiger partial charge in [-0.05, 0) is 38.4 Å². The molecule has 9 heteroatoms. The zero-order valence-corrected chi connectivity index (χ0v) is 17.1. The van der Waals surface area contributed by atoms with Crippen LogP contribution in [0.2, 0.25) is 0 Å². The van der Waals surface area contributed by atoms with Crippen molar-refractivity contribution in [2.45, 2.75) is 39.0 Å². The molecule has 30 heavy (non-hydrogen) atoms. The number of likely N-dealkylation sites (tertiary alicyclic amines) is 1. The minimum atomic E-state index is -0.893. The SMILES string of the molecule is CCOC(=O)C1CCCN(Cc2cn(CC(O)COC(=O)c3ccccc3)nn2)C1. The van der Waals surface area contributed by atoms with E-state index < -0.39 is 12.1 Å². The minimum Gasteiger partial charge on any atom is -0.466 e. The highest BCUT2D eigenvalue weighted by Gasteiger charge is 2.27. The van der Waals surface area contributed by atoms with E-state index in [-0.39, 0.29) is 25.0 Å². The van der Waals surface area contributed by atoms with Crippen LogP contribution in [0.3, 0.4) is 0 Å². The van der Waals surface area contributed by atoms with Gasteiger partial charge in [-0.3, -0.25) is 9.69 Å².